The van der Waals surface area contributed by atoms with E-state index >= 15 is 0 Å². The molecule has 0 saturated heterocycles. The van der Waals surface area contributed by atoms with E-state index in [1.54, 1.807) is 0 Å². The molecule has 0 aromatic carbocycles. The van der Waals surface area contributed by atoms with E-state index in [1.807, 2.05) is 0 Å². The van der Waals surface area contributed by atoms with Crippen molar-refractivity contribution in [1.82, 2.24) is 10.6 Å². The smallest absolute Gasteiger partial charge is 0.326 e. The van der Waals surface area contributed by atoms with Crippen LogP contribution in [-0.4, -0.2) is 41.4 Å². The average molecular weight is 259 g/mol. The number of carboxylic acids is 1. The predicted molar refractivity (Wildman–Crippen MR) is 61.3 cm³/mol. The lowest BCUT2D eigenvalue weighted by atomic mass is 10.1. The first-order valence-corrected chi connectivity index (χ1v) is 5.38. The highest BCUT2D eigenvalue weighted by Crippen LogP contribution is 1.98. The summed E-state index contributed by atoms with van der Waals surface area (Å²) in [6.45, 7) is 1.44. The van der Waals surface area contributed by atoms with E-state index in [0.717, 1.165) is 0 Å². The minimum Gasteiger partial charge on any atom is -0.480 e. The van der Waals surface area contributed by atoms with E-state index in [9.17, 15) is 19.2 Å². The minimum atomic E-state index is -1.23. The number of hydrogen-bond acceptors (Lipinski definition) is 4. The molecule has 0 aromatic heterocycles. The van der Waals surface area contributed by atoms with Crippen molar-refractivity contribution in [2.75, 3.05) is 6.54 Å². The second-order valence-electron chi connectivity index (χ2n) is 3.70. The molecule has 0 unspecified atom stereocenters. The molecular formula is C10H17N3O5. The van der Waals surface area contributed by atoms with E-state index in [-0.39, 0.29) is 31.7 Å². The van der Waals surface area contributed by atoms with E-state index in [1.165, 1.54) is 6.92 Å². The van der Waals surface area contributed by atoms with Crippen LogP contribution in [0, 0.1) is 0 Å². The largest absolute Gasteiger partial charge is 0.480 e. The van der Waals surface area contributed by atoms with Crippen molar-refractivity contribution in [2.45, 2.75) is 32.2 Å². The van der Waals surface area contributed by atoms with Crippen molar-refractivity contribution < 1.29 is 24.3 Å². The fourth-order valence-corrected chi connectivity index (χ4v) is 1.16. The maximum atomic E-state index is 11.3. The lowest BCUT2D eigenvalue weighted by Crippen LogP contribution is -2.42. The number of primary amides is 1. The van der Waals surface area contributed by atoms with Crippen LogP contribution in [-0.2, 0) is 19.2 Å². The lowest BCUT2D eigenvalue weighted by Gasteiger charge is -2.13. The van der Waals surface area contributed by atoms with E-state index in [0.29, 0.717) is 0 Å². The first-order chi connectivity index (χ1) is 8.32. The fraction of sp³-hybridized carbons (Fsp3) is 0.600. The Labute approximate surface area is 104 Å². The van der Waals surface area contributed by atoms with Crippen molar-refractivity contribution in [3.05, 3.63) is 0 Å². The maximum Gasteiger partial charge on any atom is 0.326 e. The molecule has 8 nitrogen and oxygen atoms in total. The number of hydrogen-bond donors (Lipinski definition) is 4. The lowest BCUT2D eigenvalue weighted by molar-refractivity contribution is -0.142. The first-order valence-electron chi connectivity index (χ1n) is 5.38. The summed E-state index contributed by atoms with van der Waals surface area (Å²) in [4.78, 5) is 43.2. The zero-order valence-corrected chi connectivity index (χ0v) is 10.1. The standard InChI is InChI=1S/C10H17N3O5/c1-6(14)12-5-4-9(16)13-7(10(17)18)2-3-8(11)15/h7H,2-5H2,1H3,(H2,11,15)(H,12,14)(H,13,16)(H,17,18)/t7-/m1/s1. The Hall–Kier alpha value is -2.12. The number of carbonyl (C=O) groups is 4. The fourth-order valence-electron chi connectivity index (χ4n) is 1.16. The van der Waals surface area contributed by atoms with Gasteiger partial charge in [0.2, 0.25) is 17.7 Å². The van der Waals surface area contributed by atoms with E-state index < -0.39 is 23.8 Å². The SMILES string of the molecule is CC(=O)NCCC(=O)N[C@H](CCC(N)=O)C(=O)O. The van der Waals surface area contributed by atoms with Crippen LogP contribution in [0.25, 0.3) is 0 Å². The third kappa shape index (κ3) is 8.08. The number of aliphatic carboxylic acids is 1. The van der Waals surface area contributed by atoms with Crippen LogP contribution in [0.3, 0.4) is 0 Å². The van der Waals surface area contributed by atoms with Gasteiger partial charge in [0.05, 0.1) is 0 Å². The Bertz CT molecular complexity index is 342. The molecule has 1 atom stereocenters. The van der Waals surface area contributed by atoms with Gasteiger partial charge in [-0.15, -0.1) is 0 Å². The van der Waals surface area contributed by atoms with Crippen LogP contribution < -0.4 is 16.4 Å². The summed E-state index contributed by atoms with van der Waals surface area (Å²) in [5.74, 6) is -2.65. The molecule has 0 aliphatic heterocycles. The molecule has 0 heterocycles. The van der Waals surface area contributed by atoms with Gasteiger partial charge >= 0.3 is 5.97 Å². The summed E-state index contributed by atoms with van der Waals surface area (Å²) in [5, 5.41) is 13.5. The van der Waals surface area contributed by atoms with Crippen LogP contribution in [0.5, 0.6) is 0 Å². The van der Waals surface area contributed by atoms with E-state index in [2.05, 4.69) is 10.6 Å². The summed E-state index contributed by atoms with van der Waals surface area (Å²) in [7, 11) is 0. The summed E-state index contributed by atoms with van der Waals surface area (Å²) >= 11 is 0. The van der Waals surface area contributed by atoms with Gasteiger partial charge in [-0.1, -0.05) is 0 Å². The Balaban J connectivity index is 4.07. The number of carboxylic acid groups (broad SMARTS) is 1. The van der Waals surface area contributed by atoms with Crippen LogP contribution in [0.15, 0.2) is 0 Å². The van der Waals surface area contributed by atoms with Crippen molar-refractivity contribution in [3.8, 4) is 0 Å². The zero-order valence-electron chi connectivity index (χ0n) is 10.1. The molecule has 5 N–H and O–H groups in total. The molecule has 0 aliphatic rings. The van der Waals surface area contributed by atoms with Crippen molar-refractivity contribution in [1.29, 1.82) is 0 Å². The second kappa shape index (κ2) is 8.04. The van der Waals surface area contributed by atoms with Gasteiger partial charge in [0, 0.05) is 26.3 Å². The molecule has 0 aromatic rings. The van der Waals surface area contributed by atoms with Crippen molar-refractivity contribution in [3.63, 3.8) is 0 Å². The Morgan fingerprint density at radius 2 is 1.83 bits per heavy atom. The molecule has 0 bridgehead atoms. The highest BCUT2D eigenvalue weighted by molar-refractivity contribution is 5.84. The Kier molecular flexibility index (Phi) is 7.10. The van der Waals surface area contributed by atoms with Gasteiger partial charge in [0.25, 0.3) is 0 Å². The number of amides is 3. The molecule has 0 fully saturated rings. The molecule has 0 spiro atoms. The summed E-state index contributed by atoms with van der Waals surface area (Å²) in [6.07, 6.45) is -0.209. The van der Waals surface area contributed by atoms with Crippen LogP contribution in [0.1, 0.15) is 26.2 Å². The van der Waals surface area contributed by atoms with Crippen molar-refractivity contribution >= 4 is 23.7 Å². The monoisotopic (exact) mass is 259 g/mol. The topological polar surface area (TPSA) is 139 Å². The Morgan fingerprint density at radius 3 is 2.28 bits per heavy atom. The zero-order chi connectivity index (χ0) is 14.1. The molecule has 0 saturated carbocycles. The van der Waals surface area contributed by atoms with Gasteiger partial charge in [-0.3, -0.25) is 14.4 Å². The third-order valence-electron chi connectivity index (χ3n) is 2.04. The van der Waals surface area contributed by atoms with Gasteiger partial charge in [-0.2, -0.15) is 0 Å². The second-order valence-corrected chi connectivity index (χ2v) is 3.70. The molecule has 0 rings (SSSR count). The molecule has 18 heavy (non-hydrogen) atoms. The highest BCUT2D eigenvalue weighted by Gasteiger charge is 2.20. The molecule has 0 aliphatic carbocycles. The van der Waals surface area contributed by atoms with Crippen LogP contribution in [0.4, 0.5) is 0 Å². The van der Waals surface area contributed by atoms with Gasteiger partial charge in [0.1, 0.15) is 6.04 Å². The Morgan fingerprint density at radius 1 is 1.22 bits per heavy atom. The molecule has 3 amide bonds. The van der Waals surface area contributed by atoms with Crippen molar-refractivity contribution in [2.24, 2.45) is 5.73 Å². The van der Waals surface area contributed by atoms with Gasteiger partial charge in [-0.25, -0.2) is 4.79 Å². The van der Waals surface area contributed by atoms with E-state index in [4.69, 9.17) is 10.8 Å². The van der Waals surface area contributed by atoms with Crippen LogP contribution in [0.2, 0.25) is 0 Å². The maximum absolute atomic E-state index is 11.3. The number of rotatable bonds is 8. The summed E-state index contributed by atoms with van der Waals surface area (Å²) in [5.41, 5.74) is 4.89. The first kappa shape index (κ1) is 15.9. The molecule has 8 heteroatoms. The third-order valence-corrected chi connectivity index (χ3v) is 2.04. The molecule has 0 radical (unpaired) electrons. The normalized spacial score (nSPS) is 11.4. The summed E-state index contributed by atoms with van der Waals surface area (Å²) < 4.78 is 0. The number of nitrogens with two attached hydrogens (primary N) is 1. The summed E-state index contributed by atoms with van der Waals surface area (Å²) in [6, 6.07) is -1.15. The highest BCUT2D eigenvalue weighted by atomic mass is 16.4. The van der Waals surface area contributed by atoms with Gasteiger partial charge in [0.15, 0.2) is 0 Å². The van der Waals surface area contributed by atoms with Gasteiger partial charge in [-0.05, 0) is 6.42 Å². The minimum absolute atomic E-state index is 0.0278. The van der Waals surface area contributed by atoms with Crippen LogP contribution >= 0.6 is 0 Å². The predicted octanol–water partition coefficient (Wildman–Crippen LogP) is -1.65. The average Bonchev–Trinajstić information content (AvgIpc) is 2.22. The number of nitrogens with one attached hydrogen (secondary N) is 2. The van der Waals surface area contributed by atoms with Gasteiger partial charge < -0.3 is 21.5 Å². The number of carbonyl (C=O) groups excluding carboxylic acids is 3. The quantitative estimate of drug-likeness (QED) is 0.413. The molecule has 102 valence electrons. The molecular weight excluding hydrogens is 242 g/mol.